The molecule has 0 saturated heterocycles. The van der Waals surface area contributed by atoms with Crippen LogP contribution in [0.2, 0.25) is 5.02 Å². The van der Waals surface area contributed by atoms with Crippen LogP contribution in [0.5, 0.6) is 0 Å². The molecule has 0 amide bonds. The zero-order valence-corrected chi connectivity index (χ0v) is 9.74. The normalized spacial score (nSPS) is 9.50. The number of nitro groups is 1. The number of benzene rings is 1. The summed E-state index contributed by atoms with van der Waals surface area (Å²) < 4.78 is 0.681. The SMILES string of the molecule is N#CCc1c(Cl)cc(I)cc1[N+](=O)[O-]. The highest BCUT2D eigenvalue weighted by Crippen LogP contribution is 2.29. The van der Waals surface area contributed by atoms with Crippen LogP contribution >= 0.6 is 34.2 Å². The third-order valence-electron chi connectivity index (χ3n) is 1.59. The fourth-order valence-electron chi connectivity index (χ4n) is 1.01. The number of hydrogen-bond acceptors (Lipinski definition) is 3. The summed E-state index contributed by atoms with van der Waals surface area (Å²) in [5.41, 5.74) is 0.183. The molecule has 0 aromatic heterocycles. The topological polar surface area (TPSA) is 66.9 Å². The van der Waals surface area contributed by atoms with E-state index >= 15 is 0 Å². The maximum atomic E-state index is 10.6. The Morgan fingerprint density at radius 1 is 1.64 bits per heavy atom. The molecule has 0 aliphatic heterocycles. The Bertz CT molecular complexity index is 428. The summed E-state index contributed by atoms with van der Waals surface area (Å²) in [4.78, 5) is 10.1. The van der Waals surface area contributed by atoms with Gasteiger partial charge in [-0.25, -0.2) is 0 Å². The highest BCUT2D eigenvalue weighted by molar-refractivity contribution is 14.1. The van der Waals surface area contributed by atoms with Gasteiger partial charge < -0.3 is 0 Å². The van der Waals surface area contributed by atoms with E-state index in [-0.39, 0.29) is 22.7 Å². The quantitative estimate of drug-likeness (QED) is 0.477. The van der Waals surface area contributed by atoms with E-state index in [1.165, 1.54) is 6.07 Å². The van der Waals surface area contributed by atoms with E-state index in [1.807, 2.05) is 28.7 Å². The predicted octanol–water partition coefficient (Wildman–Crippen LogP) is 2.92. The van der Waals surface area contributed by atoms with Crippen molar-refractivity contribution in [1.29, 1.82) is 5.26 Å². The van der Waals surface area contributed by atoms with E-state index in [1.54, 1.807) is 6.07 Å². The molecule has 1 rings (SSSR count). The Morgan fingerprint density at radius 2 is 2.29 bits per heavy atom. The van der Waals surface area contributed by atoms with E-state index in [4.69, 9.17) is 16.9 Å². The van der Waals surface area contributed by atoms with Gasteiger partial charge in [0.15, 0.2) is 0 Å². The highest BCUT2D eigenvalue weighted by Gasteiger charge is 2.17. The Hall–Kier alpha value is -0.870. The van der Waals surface area contributed by atoms with Crippen LogP contribution < -0.4 is 0 Å². The summed E-state index contributed by atoms with van der Waals surface area (Å²) in [6.45, 7) is 0. The second-order valence-corrected chi connectivity index (χ2v) is 4.13. The molecule has 0 heterocycles. The van der Waals surface area contributed by atoms with Gasteiger partial charge in [0.05, 0.1) is 28.0 Å². The van der Waals surface area contributed by atoms with Crippen LogP contribution in [0, 0.1) is 25.0 Å². The lowest BCUT2D eigenvalue weighted by Gasteiger charge is -2.01. The van der Waals surface area contributed by atoms with Gasteiger partial charge in [-0.05, 0) is 28.7 Å². The molecule has 0 bridgehead atoms. The molecule has 0 unspecified atom stereocenters. The van der Waals surface area contributed by atoms with Crippen LogP contribution in [0.4, 0.5) is 5.69 Å². The second kappa shape index (κ2) is 4.57. The fourth-order valence-corrected chi connectivity index (χ4v) is 2.08. The monoisotopic (exact) mass is 322 g/mol. The van der Waals surface area contributed by atoms with Crippen molar-refractivity contribution in [2.45, 2.75) is 6.42 Å². The first-order valence-electron chi connectivity index (χ1n) is 3.55. The van der Waals surface area contributed by atoms with Crippen molar-refractivity contribution >= 4 is 39.9 Å². The molecule has 1 aromatic carbocycles. The molecule has 0 saturated carbocycles. The largest absolute Gasteiger partial charge is 0.276 e. The third-order valence-corrected chi connectivity index (χ3v) is 2.55. The van der Waals surface area contributed by atoms with Crippen LogP contribution in [0.25, 0.3) is 0 Å². The minimum absolute atomic E-state index is 0.0495. The maximum Gasteiger partial charge on any atom is 0.276 e. The maximum absolute atomic E-state index is 10.6. The van der Waals surface area contributed by atoms with Gasteiger partial charge in [0.25, 0.3) is 5.69 Å². The first-order chi connectivity index (χ1) is 6.56. The number of nitriles is 1. The van der Waals surface area contributed by atoms with Crippen molar-refractivity contribution in [2.75, 3.05) is 0 Å². The lowest BCUT2D eigenvalue weighted by atomic mass is 10.1. The number of halogens is 2. The Labute approximate surface area is 98.8 Å². The van der Waals surface area contributed by atoms with Gasteiger partial charge >= 0.3 is 0 Å². The molecular weight excluding hydrogens is 318 g/mol. The third kappa shape index (κ3) is 2.33. The van der Waals surface area contributed by atoms with E-state index in [2.05, 4.69) is 0 Å². The lowest BCUT2D eigenvalue weighted by Crippen LogP contribution is -1.96. The molecule has 1 aromatic rings. The van der Waals surface area contributed by atoms with Crippen molar-refractivity contribution < 1.29 is 4.92 Å². The molecule has 72 valence electrons. The standard InChI is InChI=1S/C8H4ClIN2O2/c9-7-3-5(10)4-8(12(13)14)6(7)1-2-11/h3-4H,1H2. The van der Waals surface area contributed by atoms with E-state index in [9.17, 15) is 10.1 Å². The number of nitro benzene ring substituents is 1. The molecule has 0 radical (unpaired) electrons. The summed E-state index contributed by atoms with van der Waals surface area (Å²) >= 11 is 7.73. The summed E-state index contributed by atoms with van der Waals surface area (Å²) in [6.07, 6.45) is -0.0495. The second-order valence-electron chi connectivity index (χ2n) is 2.48. The first-order valence-corrected chi connectivity index (χ1v) is 5.01. The zero-order valence-electron chi connectivity index (χ0n) is 6.83. The smallest absolute Gasteiger partial charge is 0.258 e. The highest BCUT2D eigenvalue weighted by atomic mass is 127. The molecule has 14 heavy (non-hydrogen) atoms. The molecule has 0 atom stereocenters. The number of hydrogen-bond donors (Lipinski definition) is 0. The van der Waals surface area contributed by atoms with Crippen LogP contribution in [-0.4, -0.2) is 4.92 Å². The van der Waals surface area contributed by atoms with E-state index < -0.39 is 4.92 Å². The zero-order chi connectivity index (χ0) is 10.7. The minimum Gasteiger partial charge on any atom is -0.258 e. The van der Waals surface area contributed by atoms with Crippen LogP contribution in [0.15, 0.2) is 12.1 Å². The van der Waals surface area contributed by atoms with Gasteiger partial charge in [0.1, 0.15) is 0 Å². The summed E-state index contributed by atoms with van der Waals surface area (Å²) in [5, 5.41) is 19.4. The Morgan fingerprint density at radius 3 is 2.79 bits per heavy atom. The molecule has 4 nitrogen and oxygen atoms in total. The van der Waals surface area contributed by atoms with Gasteiger partial charge in [-0.2, -0.15) is 5.26 Å². The van der Waals surface area contributed by atoms with Crippen molar-refractivity contribution in [3.63, 3.8) is 0 Å². The molecule has 0 aliphatic carbocycles. The van der Waals surface area contributed by atoms with Crippen LogP contribution in [0.3, 0.4) is 0 Å². The van der Waals surface area contributed by atoms with Gasteiger partial charge in [-0.3, -0.25) is 10.1 Å². The summed E-state index contributed by atoms with van der Waals surface area (Å²) in [5.74, 6) is 0. The summed E-state index contributed by atoms with van der Waals surface area (Å²) in [7, 11) is 0. The summed E-state index contributed by atoms with van der Waals surface area (Å²) in [6, 6.07) is 4.85. The first kappa shape index (κ1) is 11.2. The Balaban J connectivity index is 3.38. The van der Waals surface area contributed by atoms with Gasteiger partial charge in [0.2, 0.25) is 0 Å². The van der Waals surface area contributed by atoms with E-state index in [0.29, 0.717) is 3.57 Å². The minimum atomic E-state index is -0.527. The van der Waals surface area contributed by atoms with Crippen molar-refractivity contribution in [2.24, 2.45) is 0 Å². The van der Waals surface area contributed by atoms with Crippen molar-refractivity contribution in [3.05, 3.63) is 36.4 Å². The average Bonchev–Trinajstić information content (AvgIpc) is 2.09. The van der Waals surface area contributed by atoms with Gasteiger partial charge in [-0.15, -0.1) is 0 Å². The number of rotatable bonds is 2. The Kier molecular flexibility index (Phi) is 3.66. The van der Waals surface area contributed by atoms with Gasteiger partial charge in [-0.1, -0.05) is 11.6 Å². The molecule has 0 N–H and O–H groups in total. The predicted molar refractivity (Wildman–Crippen MR) is 60.1 cm³/mol. The van der Waals surface area contributed by atoms with Crippen molar-refractivity contribution in [3.8, 4) is 6.07 Å². The number of nitrogens with zero attached hydrogens (tertiary/aromatic N) is 2. The molecule has 0 fully saturated rings. The average molecular weight is 322 g/mol. The van der Waals surface area contributed by atoms with Gasteiger partial charge in [0, 0.05) is 9.64 Å². The van der Waals surface area contributed by atoms with Crippen LogP contribution in [0.1, 0.15) is 5.56 Å². The lowest BCUT2D eigenvalue weighted by molar-refractivity contribution is -0.385. The molecule has 6 heteroatoms. The van der Waals surface area contributed by atoms with Crippen molar-refractivity contribution in [1.82, 2.24) is 0 Å². The van der Waals surface area contributed by atoms with Crippen LogP contribution in [-0.2, 0) is 6.42 Å². The molecule has 0 aliphatic rings. The fraction of sp³-hybridized carbons (Fsp3) is 0.125. The van der Waals surface area contributed by atoms with E-state index in [0.717, 1.165) is 0 Å². The molecular formula is C8H4ClIN2O2. The molecule has 0 spiro atoms.